The van der Waals surface area contributed by atoms with Gasteiger partial charge >= 0.3 is 5.97 Å². The first-order valence-corrected chi connectivity index (χ1v) is 8.71. The summed E-state index contributed by atoms with van der Waals surface area (Å²) in [5.74, 6) is -1.22. The number of aryl methyl sites for hydroxylation is 1. The van der Waals surface area contributed by atoms with Crippen molar-refractivity contribution in [2.45, 2.75) is 25.0 Å². The largest absolute Gasteiger partial charge is 0.452 e. The van der Waals surface area contributed by atoms with E-state index in [0.29, 0.717) is 21.8 Å². The van der Waals surface area contributed by atoms with Crippen LogP contribution in [0.2, 0.25) is 0 Å². The number of pyridine rings is 1. The third kappa shape index (κ3) is 5.22. The molecule has 7 nitrogen and oxygen atoms in total. The molecule has 0 saturated carbocycles. The molecule has 0 aliphatic heterocycles. The number of ether oxygens (including phenoxy) is 1. The Morgan fingerprint density at radius 2 is 2.04 bits per heavy atom. The maximum Gasteiger partial charge on any atom is 0.317 e. The number of rotatable bonds is 6. The molecule has 0 unspecified atom stereocenters. The predicted molar refractivity (Wildman–Crippen MR) is 97.9 cm³/mol. The molecule has 1 atom stereocenters. The molecule has 134 valence electrons. The molecule has 2 aromatic rings. The molecule has 0 bridgehead atoms. The van der Waals surface area contributed by atoms with E-state index in [1.54, 1.807) is 31.2 Å². The van der Waals surface area contributed by atoms with E-state index in [2.05, 4.69) is 10.3 Å². The number of nitrogens with one attached hydrogen (secondary N) is 2. The lowest BCUT2D eigenvalue weighted by Crippen LogP contribution is -2.30. The number of hydrogen-bond donors (Lipinski definition) is 2. The van der Waals surface area contributed by atoms with Crippen molar-refractivity contribution < 1.29 is 14.3 Å². The van der Waals surface area contributed by atoms with Gasteiger partial charge in [-0.1, -0.05) is 30.0 Å². The number of esters is 1. The van der Waals surface area contributed by atoms with Gasteiger partial charge in [0.2, 0.25) is 5.56 Å². The van der Waals surface area contributed by atoms with Crippen LogP contribution in [0.1, 0.15) is 18.1 Å². The zero-order valence-corrected chi connectivity index (χ0v) is 15.1. The summed E-state index contributed by atoms with van der Waals surface area (Å²) in [5.41, 5.74) is 1.08. The lowest BCUT2D eigenvalue weighted by molar-refractivity contribution is -0.150. The molecule has 0 radical (unpaired) electrons. The average Bonchev–Trinajstić information content (AvgIpc) is 2.60. The monoisotopic (exact) mass is 371 g/mol. The van der Waals surface area contributed by atoms with Gasteiger partial charge in [0.15, 0.2) is 6.10 Å². The van der Waals surface area contributed by atoms with Crippen molar-refractivity contribution in [3.8, 4) is 6.07 Å². The Hall–Kier alpha value is -3.05. The third-order valence-corrected chi connectivity index (χ3v) is 4.35. The first kappa shape index (κ1) is 19.3. The van der Waals surface area contributed by atoms with Gasteiger partial charge in [0.05, 0.1) is 16.3 Å². The van der Waals surface area contributed by atoms with Gasteiger partial charge in [0, 0.05) is 11.8 Å². The van der Waals surface area contributed by atoms with Gasteiger partial charge in [-0.05, 0) is 31.5 Å². The summed E-state index contributed by atoms with van der Waals surface area (Å²) in [5, 5.41) is 12.1. The van der Waals surface area contributed by atoms with Gasteiger partial charge < -0.3 is 15.0 Å². The molecule has 2 rings (SSSR count). The van der Waals surface area contributed by atoms with E-state index in [4.69, 9.17) is 10.00 Å². The van der Waals surface area contributed by atoms with Crippen LogP contribution in [-0.2, 0) is 14.3 Å². The Labute approximate surface area is 154 Å². The number of nitrogens with zero attached hydrogens (tertiary/aromatic N) is 1. The summed E-state index contributed by atoms with van der Waals surface area (Å²) < 4.78 is 5.09. The van der Waals surface area contributed by atoms with Crippen molar-refractivity contribution in [3.05, 3.63) is 57.9 Å². The number of carbonyl (C=O) groups is 2. The van der Waals surface area contributed by atoms with Gasteiger partial charge in [-0.3, -0.25) is 14.4 Å². The second kappa shape index (κ2) is 8.87. The number of benzene rings is 1. The van der Waals surface area contributed by atoms with Gasteiger partial charge in [-0.2, -0.15) is 5.26 Å². The summed E-state index contributed by atoms with van der Waals surface area (Å²) in [4.78, 5) is 38.0. The molecule has 8 heteroatoms. The molecule has 1 aromatic heterocycles. The number of anilines is 1. The number of hydrogen-bond acceptors (Lipinski definition) is 6. The minimum Gasteiger partial charge on any atom is -0.452 e. The number of aromatic nitrogens is 1. The van der Waals surface area contributed by atoms with Crippen molar-refractivity contribution in [2.75, 3.05) is 11.1 Å². The summed E-state index contributed by atoms with van der Waals surface area (Å²) in [7, 11) is 0. The van der Waals surface area contributed by atoms with Crippen molar-refractivity contribution in [3.63, 3.8) is 0 Å². The minimum absolute atomic E-state index is 0.142. The summed E-state index contributed by atoms with van der Waals surface area (Å²) in [6, 6.07) is 12.1. The fraction of sp³-hybridized carbons (Fsp3) is 0.222. The minimum atomic E-state index is -0.977. The molecule has 0 aliphatic rings. The van der Waals surface area contributed by atoms with Crippen LogP contribution in [0.4, 0.5) is 5.69 Å². The van der Waals surface area contributed by atoms with E-state index < -0.39 is 18.0 Å². The molecular weight excluding hydrogens is 354 g/mol. The van der Waals surface area contributed by atoms with Crippen molar-refractivity contribution in [2.24, 2.45) is 0 Å². The molecule has 26 heavy (non-hydrogen) atoms. The summed E-state index contributed by atoms with van der Waals surface area (Å²) in [6.45, 7) is 3.11. The lowest BCUT2D eigenvalue weighted by atomic mass is 10.2. The molecule has 0 spiro atoms. The molecule has 2 N–H and O–H groups in total. The van der Waals surface area contributed by atoms with E-state index in [0.717, 1.165) is 11.8 Å². The highest BCUT2D eigenvalue weighted by atomic mass is 32.2. The Kier molecular flexibility index (Phi) is 6.58. The number of H-pyrrole nitrogens is 1. The van der Waals surface area contributed by atoms with Gasteiger partial charge in [-0.25, -0.2) is 0 Å². The Balaban J connectivity index is 1.92. The van der Waals surface area contributed by atoms with E-state index >= 15 is 0 Å². The lowest BCUT2D eigenvalue weighted by Gasteiger charge is -2.13. The van der Waals surface area contributed by atoms with Crippen LogP contribution in [0.3, 0.4) is 0 Å². The molecule has 0 aliphatic carbocycles. The van der Waals surface area contributed by atoms with Crippen LogP contribution in [0.15, 0.2) is 46.2 Å². The van der Waals surface area contributed by atoms with E-state index in [-0.39, 0.29) is 11.3 Å². The number of nitriles is 1. The SMILES string of the molecule is Cc1cc(=O)[nH]c(SCC(=O)O[C@@H](C)C(=O)Nc2ccccc2)c1C#N. The van der Waals surface area contributed by atoms with Crippen molar-refractivity contribution in [1.29, 1.82) is 5.26 Å². The number of para-hydroxylation sites is 1. The molecule has 1 aromatic carbocycles. The molecule has 0 fully saturated rings. The first-order valence-electron chi connectivity index (χ1n) is 7.73. The van der Waals surface area contributed by atoms with Gasteiger partial charge in [-0.15, -0.1) is 0 Å². The second-order valence-electron chi connectivity index (χ2n) is 5.41. The maximum atomic E-state index is 12.0. The van der Waals surface area contributed by atoms with E-state index in [9.17, 15) is 14.4 Å². The fourth-order valence-corrected chi connectivity index (χ4v) is 2.94. The highest BCUT2D eigenvalue weighted by Gasteiger charge is 2.19. The molecule has 1 amide bonds. The topological polar surface area (TPSA) is 112 Å². The summed E-state index contributed by atoms with van der Waals surface area (Å²) >= 11 is 0.981. The van der Waals surface area contributed by atoms with E-state index in [1.165, 1.54) is 13.0 Å². The predicted octanol–water partition coefficient (Wildman–Crippen LogP) is 2.22. The van der Waals surface area contributed by atoms with Crippen molar-refractivity contribution in [1.82, 2.24) is 4.98 Å². The van der Waals surface area contributed by atoms with Gasteiger partial charge in [0.25, 0.3) is 5.91 Å². The smallest absolute Gasteiger partial charge is 0.317 e. The number of amides is 1. The first-order chi connectivity index (χ1) is 12.4. The van der Waals surface area contributed by atoms with E-state index in [1.807, 2.05) is 12.1 Å². The maximum absolute atomic E-state index is 12.0. The quantitative estimate of drug-likeness (QED) is 0.595. The average molecular weight is 371 g/mol. The van der Waals surface area contributed by atoms with Crippen LogP contribution in [0, 0.1) is 18.3 Å². The zero-order chi connectivity index (χ0) is 19.1. The normalized spacial score (nSPS) is 11.3. The zero-order valence-electron chi connectivity index (χ0n) is 14.2. The second-order valence-corrected chi connectivity index (χ2v) is 6.39. The van der Waals surface area contributed by atoms with Gasteiger partial charge in [0.1, 0.15) is 6.07 Å². The Morgan fingerprint density at radius 3 is 2.69 bits per heavy atom. The van der Waals surface area contributed by atoms with Crippen molar-refractivity contribution >= 4 is 29.3 Å². The van der Waals surface area contributed by atoms with Crippen LogP contribution in [-0.4, -0.2) is 28.7 Å². The summed E-state index contributed by atoms with van der Waals surface area (Å²) in [6.07, 6.45) is -0.977. The number of carbonyl (C=O) groups excluding carboxylic acids is 2. The molecular formula is C18H17N3O4S. The molecule has 0 saturated heterocycles. The number of aromatic amines is 1. The highest BCUT2D eigenvalue weighted by molar-refractivity contribution is 7.99. The fourth-order valence-electron chi connectivity index (χ4n) is 2.09. The molecule has 1 heterocycles. The number of thioether (sulfide) groups is 1. The van der Waals surface area contributed by atoms with Crippen LogP contribution < -0.4 is 10.9 Å². The highest BCUT2D eigenvalue weighted by Crippen LogP contribution is 2.21. The Morgan fingerprint density at radius 1 is 1.35 bits per heavy atom. The standard InChI is InChI=1S/C18H17N3O4S/c1-11-8-15(22)21-18(14(11)9-19)26-10-16(23)25-12(2)17(24)20-13-6-4-3-5-7-13/h3-8,12H,10H2,1-2H3,(H,20,24)(H,21,22)/t12-/m0/s1. The van der Waals surface area contributed by atoms with Crippen LogP contribution in [0.5, 0.6) is 0 Å². The van der Waals surface area contributed by atoms with Crippen LogP contribution >= 0.6 is 11.8 Å². The third-order valence-electron chi connectivity index (χ3n) is 3.37. The Bertz CT molecular complexity index is 903. The van der Waals surface area contributed by atoms with Crippen LogP contribution in [0.25, 0.3) is 0 Å².